The first-order valence-electron chi connectivity index (χ1n) is 11.0. The number of carbonyl (C=O) groups is 2. The molecule has 1 aromatic heterocycles. The molecule has 0 saturated carbocycles. The van der Waals surface area contributed by atoms with E-state index < -0.39 is 0 Å². The summed E-state index contributed by atoms with van der Waals surface area (Å²) < 4.78 is 2.00. The molecule has 160 valence electrons. The zero-order valence-corrected chi connectivity index (χ0v) is 18.0. The molecule has 0 N–H and O–H groups in total. The number of piperidine rings is 1. The van der Waals surface area contributed by atoms with Crippen LogP contribution in [0.5, 0.6) is 0 Å². The molecule has 2 aromatic rings. The minimum absolute atomic E-state index is 0.0636. The van der Waals surface area contributed by atoms with E-state index in [1.165, 1.54) is 6.42 Å². The first-order valence-corrected chi connectivity index (χ1v) is 11.0. The Hall–Kier alpha value is -2.60. The maximum Gasteiger partial charge on any atom is 0.254 e. The van der Waals surface area contributed by atoms with Gasteiger partial charge in [0.25, 0.3) is 5.91 Å². The van der Waals surface area contributed by atoms with E-state index in [0.717, 1.165) is 31.9 Å². The summed E-state index contributed by atoms with van der Waals surface area (Å²) in [5.41, 5.74) is 1.70. The second-order valence-electron chi connectivity index (χ2n) is 8.95. The van der Waals surface area contributed by atoms with Crippen molar-refractivity contribution < 1.29 is 9.59 Å². The number of likely N-dealkylation sites (tertiary alicyclic amines) is 1. The highest BCUT2D eigenvalue weighted by atomic mass is 16.2. The highest BCUT2D eigenvalue weighted by Gasteiger charge is 2.28. The van der Waals surface area contributed by atoms with Gasteiger partial charge in [-0.2, -0.15) is 0 Å². The van der Waals surface area contributed by atoms with Crippen molar-refractivity contribution in [3.8, 4) is 5.69 Å². The van der Waals surface area contributed by atoms with Gasteiger partial charge in [-0.1, -0.05) is 19.9 Å². The number of amides is 2. The first kappa shape index (κ1) is 20.7. The van der Waals surface area contributed by atoms with Crippen molar-refractivity contribution in [3.05, 3.63) is 54.4 Å². The van der Waals surface area contributed by atoms with Gasteiger partial charge in [0.1, 0.15) is 0 Å². The summed E-state index contributed by atoms with van der Waals surface area (Å²) >= 11 is 0. The van der Waals surface area contributed by atoms with Gasteiger partial charge in [0.05, 0.1) is 6.54 Å². The highest BCUT2D eigenvalue weighted by molar-refractivity contribution is 5.94. The predicted octanol–water partition coefficient (Wildman–Crippen LogP) is 2.74. The normalized spacial score (nSPS) is 22.9. The number of nitrogens with zero attached hydrogens (tertiary/aromatic N) is 4. The molecule has 3 heterocycles. The quantitative estimate of drug-likeness (QED) is 0.782. The predicted molar refractivity (Wildman–Crippen MR) is 118 cm³/mol. The number of aromatic nitrogens is 1. The Morgan fingerprint density at radius 1 is 0.900 bits per heavy atom. The maximum atomic E-state index is 13.0. The Balaban J connectivity index is 1.31. The third-order valence-corrected chi connectivity index (χ3v) is 6.24. The molecule has 2 fully saturated rings. The summed E-state index contributed by atoms with van der Waals surface area (Å²) in [6.07, 6.45) is 5.16. The Morgan fingerprint density at radius 3 is 2.23 bits per heavy atom. The van der Waals surface area contributed by atoms with E-state index in [9.17, 15) is 9.59 Å². The lowest BCUT2D eigenvalue weighted by Gasteiger charge is -2.38. The lowest BCUT2D eigenvalue weighted by Crippen LogP contribution is -2.53. The van der Waals surface area contributed by atoms with Gasteiger partial charge >= 0.3 is 0 Å². The third-order valence-electron chi connectivity index (χ3n) is 6.24. The molecule has 0 unspecified atom stereocenters. The standard InChI is InChI=1S/C24H32N4O2/c1-19-14-20(2)17-28(16-19)23(29)18-25-10-12-27(13-11-25)24(30)21-6-5-7-22(15-21)26-8-3-4-9-26/h3-9,15,19-20H,10-14,16-18H2,1-2H3/t19-,20-/m1/s1. The summed E-state index contributed by atoms with van der Waals surface area (Å²) in [5, 5.41) is 0. The van der Waals surface area contributed by atoms with Crippen molar-refractivity contribution >= 4 is 11.8 Å². The van der Waals surface area contributed by atoms with Gasteiger partial charge in [0, 0.05) is 62.9 Å². The van der Waals surface area contributed by atoms with E-state index in [1.54, 1.807) is 0 Å². The second-order valence-corrected chi connectivity index (χ2v) is 8.95. The van der Waals surface area contributed by atoms with Crippen LogP contribution in [0.4, 0.5) is 0 Å². The minimum Gasteiger partial charge on any atom is -0.341 e. The molecule has 0 spiro atoms. The number of benzene rings is 1. The zero-order chi connectivity index (χ0) is 21.1. The molecular formula is C24H32N4O2. The first-order chi connectivity index (χ1) is 14.5. The lowest BCUT2D eigenvalue weighted by molar-refractivity contribution is -0.135. The van der Waals surface area contributed by atoms with Crippen LogP contribution in [0.3, 0.4) is 0 Å². The van der Waals surface area contributed by atoms with Crippen LogP contribution in [0.15, 0.2) is 48.8 Å². The Bertz CT molecular complexity index is 861. The third kappa shape index (κ3) is 4.75. The second kappa shape index (κ2) is 9.04. The van der Waals surface area contributed by atoms with Crippen molar-refractivity contribution in [2.24, 2.45) is 11.8 Å². The Kier molecular flexibility index (Phi) is 6.23. The van der Waals surface area contributed by atoms with Crippen LogP contribution >= 0.6 is 0 Å². The smallest absolute Gasteiger partial charge is 0.254 e. The van der Waals surface area contributed by atoms with E-state index in [0.29, 0.717) is 37.0 Å². The lowest BCUT2D eigenvalue weighted by atomic mass is 9.92. The zero-order valence-electron chi connectivity index (χ0n) is 18.0. The molecule has 2 aliphatic rings. The fraction of sp³-hybridized carbons (Fsp3) is 0.500. The summed E-state index contributed by atoms with van der Waals surface area (Å²) in [4.78, 5) is 31.9. The van der Waals surface area contributed by atoms with Gasteiger partial charge in [-0.15, -0.1) is 0 Å². The van der Waals surface area contributed by atoms with Gasteiger partial charge in [-0.25, -0.2) is 0 Å². The number of rotatable bonds is 4. The van der Waals surface area contributed by atoms with Crippen molar-refractivity contribution in [2.45, 2.75) is 20.3 Å². The Labute approximate surface area is 179 Å². The van der Waals surface area contributed by atoms with Crippen LogP contribution in [0, 0.1) is 11.8 Å². The molecule has 2 atom stereocenters. The molecule has 2 aliphatic heterocycles. The Morgan fingerprint density at radius 2 is 1.57 bits per heavy atom. The summed E-state index contributed by atoms with van der Waals surface area (Å²) in [7, 11) is 0. The van der Waals surface area contributed by atoms with E-state index in [1.807, 2.05) is 63.2 Å². The maximum absolute atomic E-state index is 13.0. The molecule has 6 nitrogen and oxygen atoms in total. The summed E-state index contributed by atoms with van der Waals surface area (Å²) in [5.74, 6) is 1.45. The van der Waals surface area contributed by atoms with Crippen molar-refractivity contribution in [1.82, 2.24) is 19.3 Å². The van der Waals surface area contributed by atoms with Gasteiger partial charge in [-0.05, 0) is 48.6 Å². The average Bonchev–Trinajstić information content (AvgIpc) is 3.28. The van der Waals surface area contributed by atoms with E-state index in [-0.39, 0.29) is 11.8 Å². The molecule has 2 amide bonds. The molecule has 1 aromatic carbocycles. The van der Waals surface area contributed by atoms with Gasteiger partial charge < -0.3 is 14.4 Å². The van der Waals surface area contributed by atoms with Crippen molar-refractivity contribution in [2.75, 3.05) is 45.8 Å². The average molecular weight is 409 g/mol. The monoisotopic (exact) mass is 408 g/mol. The molecule has 6 heteroatoms. The molecule has 4 rings (SSSR count). The van der Waals surface area contributed by atoms with Gasteiger partial charge in [-0.3, -0.25) is 14.5 Å². The molecule has 0 aliphatic carbocycles. The fourth-order valence-corrected chi connectivity index (χ4v) is 4.76. The van der Waals surface area contributed by atoms with Crippen LogP contribution < -0.4 is 0 Å². The van der Waals surface area contributed by atoms with E-state index in [2.05, 4.69) is 18.7 Å². The van der Waals surface area contributed by atoms with E-state index in [4.69, 9.17) is 0 Å². The number of hydrogen-bond donors (Lipinski definition) is 0. The molecule has 2 saturated heterocycles. The van der Waals surface area contributed by atoms with Gasteiger partial charge in [0.15, 0.2) is 0 Å². The van der Waals surface area contributed by atoms with Crippen LogP contribution in [-0.2, 0) is 4.79 Å². The minimum atomic E-state index is 0.0636. The van der Waals surface area contributed by atoms with Crippen molar-refractivity contribution in [3.63, 3.8) is 0 Å². The highest BCUT2D eigenvalue weighted by Crippen LogP contribution is 2.21. The number of carbonyl (C=O) groups excluding carboxylic acids is 2. The number of hydrogen-bond acceptors (Lipinski definition) is 3. The van der Waals surface area contributed by atoms with Crippen LogP contribution in [0.2, 0.25) is 0 Å². The SMILES string of the molecule is C[C@@H]1C[C@@H](C)CN(C(=O)CN2CCN(C(=O)c3cccc(-n4cccc4)c3)CC2)C1. The molecule has 30 heavy (non-hydrogen) atoms. The van der Waals surface area contributed by atoms with Gasteiger partial charge in [0.2, 0.25) is 5.91 Å². The largest absolute Gasteiger partial charge is 0.341 e. The molecule has 0 bridgehead atoms. The molecular weight excluding hydrogens is 376 g/mol. The summed E-state index contributed by atoms with van der Waals surface area (Å²) in [6.45, 7) is 9.47. The van der Waals surface area contributed by atoms with Crippen molar-refractivity contribution in [1.29, 1.82) is 0 Å². The van der Waals surface area contributed by atoms with Crippen LogP contribution in [-0.4, -0.2) is 76.9 Å². The summed E-state index contributed by atoms with van der Waals surface area (Å²) in [6, 6.07) is 11.7. The fourth-order valence-electron chi connectivity index (χ4n) is 4.76. The molecule has 0 radical (unpaired) electrons. The van der Waals surface area contributed by atoms with Crippen LogP contribution in [0.1, 0.15) is 30.6 Å². The van der Waals surface area contributed by atoms with Crippen LogP contribution in [0.25, 0.3) is 5.69 Å². The topological polar surface area (TPSA) is 48.8 Å². The van der Waals surface area contributed by atoms with E-state index >= 15 is 0 Å². The number of piperazine rings is 1.